The lowest BCUT2D eigenvalue weighted by molar-refractivity contribution is -0.138. The first kappa shape index (κ1) is 22.1. The molecule has 0 saturated carbocycles. The molecule has 0 radical (unpaired) electrons. The van der Waals surface area contributed by atoms with E-state index in [4.69, 9.17) is 11.6 Å². The highest BCUT2D eigenvalue weighted by molar-refractivity contribution is 7.91. The summed E-state index contributed by atoms with van der Waals surface area (Å²) in [7, 11) is -1.28. The maximum Gasteiger partial charge on any atom is 0.417 e. The highest BCUT2D eigenvalue weighted by Crippen LogP contribution is 2.33. The summed E-state index contributed by atoms with van der Waals surface area (Å²) in [5, 5.41) is -0.0817. The second-order valence-electron chi connectivity index (χ2n) is 7.37. The van der Waals surface area contributed by atoms with Gasteiger partial charge in [-0.1, -0.05) is 11.6 Å². The van der Waals surface area contributed by atoms with Crippen molar-refractivity contribution < 1.29 is 26.4 Å². The van der Waals surface area contributed by atoms with Gasteiger partial charge in [-0.15, -0.1) is 0 Å². The molecule has 0 unspecified atom stereocenters. The van der Waals surface area contributed by atoms with Crippen molar-refractivity contribution in [3.05, 3.63) is 22.8 Å². The Balaban J connectivity index is 1.54. The molecule has 0 spiro atoms. The summed E-state index contributed by atoms with van der Waals surface area (Å²) in [6.07, 6.45) is -3.23. The van der Waals surface area contributed by atoms with Crippen LogP contribution < -0.4 is 4.90 Å². The highest BCUT2D eigenvalue weighted by atomic mass is 35.5. The van der Waals surface area contributed by atoms with E-state index >= 15 is 0 Å². The zero-order chi connectivity index (χ0) is 21.4. The molecule has 12 heteroatoms. The minimum atomic E-state index is -4.51. The zero-order valence-corrected chi connectivity index (χ0v) is 17.4. The SMILES string of the molecule is CN(CC(=O)N1CCN(c2ncc(C(F)(F)F)cc2Cl)CC1)[C@H]1CCS(=O)(=O)C1. The van der Waals surface area contributed by atoms with Crippen molar-refractivity contribution in [2.45, 2.75) is 18.6 Å². The fourth-order valence-electron chi connectivity index (χ4n) is 3.55. The van der Waals surface area contributed by atoms with Crippen molar-refractivity contribution in [1.82, 2.24) is 14.8 Å². The number of sulfone groups is 1. The minimum absolute atomic E-state index is 0.0721. The molecule has 2 aliphatic heterocycles. The summed E-state index contributed by atoms with van der Waals surface area (Å²) in [4.78, 5) is 21.6. The van der Waals surface area contributed by atoms with Gasteiger partial charge >= 0.3 is 6.18 Å². The van der Waals surface area contributed by atoms with Gasteiger partial charge in [-0.2, -0.15) is 13.2 Å². The molecule has 2 fully saturated rings. The maximum atomic E-state index is 12.7. The number of alkyl halides is 3. The molecule has 29 heavy (non-hydrogen) atoms. The van der Waals surface area contributed by atoms with Gasteiger partial charge < -0.3 is 9.80 Å². The molecular formula is C17H22ClF3N4O3S. The van der Waals surface area contributed by atoms with Crippen LogP contribution in [-0.4, -0.2) is 86.4 Å². The maximum absolute atomic E-state index is 12.7. The Kier molecular flexibility index (Phi) is 6.30. The summed E-state index contributed by atoms with van der Waals surface area (Å²) >= 11 is 5.99. The number of rotatable bonds is 4. The number of anilines is 1. The van der Waals surface area contributed by atoms with Gasteiger partial charge in [0.25, 0.3) is 0 Å². The molecule has 2 saturated heterocycles. The van der Waals surface area contributed by atoms with E-state index in [2.05, 4.69) is 4.98 Å². The van der Waals surface area contributed by atoms with Gasteiger partial charge in [0.2, 0.25) is 5.91 Å². The van der Waals surface area contributed by atoms with Crippen LogP contribution in [0.25, 0.3) is 0 Å². The Morgan fingerprint density at radius 2 is 1.97 bits per heavy atom. The first-order valence-electron chi connectivity index (χ1n) is 9.12. The van der Waals surface area contributed by atoms with Crippen LogP contribution in [0.4, 0.5) is 19.0 Å². The standard InChI is InChI=1S/C17H22ClF3N4O3S/c1-23(13-2-7-29(27,28)11-13)10-15(26)24-3-5-25(6-4-24)16-14(18)8-12(9-22-16)17(19,20)21/h8-9,13H,2-7,10-11H2,1H3/t13-/m0/s1. The van der Waals surface area contributed by atoms with Crippen molar-refractivity contribution in [3.63, 3.8) is 0 Å². The molecule has 0 bridgehead atoms. The molecule has 3 rings (SSSR count). The number of carbonyl (C=O) groups excluding carboxylic acids is 1. The monoisotopic (exact) mass is 454 g/mol. The van der Waals surface area contributed by atoms with Gasteiger partial charge in [0, 0.05) is 38.4 Å². The summed E-state index contributed by atoms with van der Waals surface area (Å²) in [5.41, 5.74) is -0.906. The average molecular weight is 455 g/mol. The van der Waals surface area contributed by atoms with E-state index in [1.807, 2.05) is 0 Å². The molecule has 3 heterocycles. The smallest absolute Gasteiger partial charge is 0.352 e. The fraction of sp³-hybridized carbons (Fsp3) is 0.647. The molecule has 1 aromatic rings. The quantitative estimate of drug-likeness (QED) is 0.687. The van der Waals surface area contributed by atoms with Crippen LogP contribution in [0.3, 0.4) is 0 Å². The predicted octanol–water partition coefficient (Wildman–Crippen LogP) is 1.52. The normalized spacial score (nSPS) is 22.3. The van der Waals surface area contributed by atoms with E-state index in [9.17, 15) is 26.4 Å². The van der Waals surface area contributed by atoms with Crippen molar-refractivity contribution in [1.29, 1.82) is 0 Å². The first-order valence-corrected chi connectivity index (χ1v) is 11.3. The molecule has 2 aliphatic rings. The minimum Gasteiger partial charge on any atom is -0.352 e. The van der Waals surface area contributed by atoms with Crippen molar-refractivity contribution in [2.24, 2.45) is 0 Å². The third-order valence-electron chi connectivity index (χ3n) is 5.30. The summed E-state index contributed by atoms with van der Waals surface area (Å²) in [6, 6.07) is 0.701. The summed E-state index contributed by atoms with van der Waals surface area (Å²) in [6.45, 7) is 1.68. The number of carbonyl (C=O) groups is 1. The molecular weight excluding hydrogens is 433 g/mol. The number of nitrogens with zero attached hydrogens (tertiary/aromatic N) is 4. The largest absolute Gasteiger partial charge is 0.417 e. The van der Waals surface area contributed by atoms with Crippen molar-refractivity contribution >= 4 is 33.2 Å². The van der Waals surface area contributed by atoms with Crippen LogP contribution in [0.2, 0.25) is 5.02 Å². The van der Waals surface area contributed by atoms with Crippen LogP contribution >= 0.6 is 11.6 Å². The Labute approximate surface area is 172 Å². The van der Waals surface area contributed by atoms with E-state index < -0.39 is 21.6 Å². The van der Waals surface area contributed by atoms with Gasteiger partial charge in [-0.25, -0.2) is 13.4 Å². The Morgan fingerprint density at radius 3 is 2.48 bits per heavy atom. The lowest BCUT2D eigenvalue weighted by atomic mass is 10.2. The van der Waals surface area contributed by atoms with Crippen LogP contribution in [0.1, 0.15) is 12.0 Å². The van der Waals surface area contributed by atoms with Crippen molar-refractivity contribution in [3.8, 4) is 0 Å². The molecule has 7 nitrogen and oxygen atoms in total. The summed E-state index contributed by atoms with van der Waals surface area (Å²) in [5.74, 6) is 0.376. The van der Waals surface area contributed by atoms with Crippen LogP contribution in [0, 0.1) is 0 Å². The fourth-order valence-corrected chi connectivity index (χ4v) is 5.64. The number of aromatic nitrogens is 1. The zero-order valence-electron chi connectivity index (χ0n) is 15.8. The third kappa shape index (κ3) is 5.32. The van der Waals surface area contributed by atoms with E-state index in [0.717, 1.165) is 12.3 Å². The lowest BCUT2D eigenvalue weighted by Crippen LogP contribution is -2.52. The van der Waals surface area contributed by atoms with Gasteiger partial charge in [0.1, 0.15) is 5.82 Å². The molecule has 0 aliphatic carbocycles. The number of hydrogen-bond acceptors (Lipinski definition) is 6. The number of hydrogen-bond donors (Lipinski definition) is 0. The van der Waals surface area contributed by atoms with Crippen LogP contribution in [-0.2, 0) is 20.8 Å². The van der Waals surface area contributed by atoms with Crippen molar-refractivity contribution in [2.75, 3.05) is 56.2 Å². The highest BCUT2D eigenvalue weighted by Gasteiger charge is 2.34. The van der Waals surface area contributed by atoms with Gasteiger partial charge in [-0.3, -0.25) is 9.69 Å². The molecule has 1 amide bonds. The first-order chi connectivity index (χ1) is 13.5. The number of likely N-dealkylation sites (N-methyl/N-ethyl adjacent to an activating group) is 1. The second-order valence-corrected chi connectivity index (χ2v) is 10.0. The number of piperazine rings is 1. The number of pyridine rings is 1. The second kappa shape index (κ2) is 8.27. The van der Waals surface area contributed by atoms with E-state index in [-0.39, 0.29) is 40.8 Å². The van der Waals surface area contributed by atoms with Gasteiger partial charge in [-0.05, 0) is 19.5 Å². The average Bonchev–Trinajstić information content (AvgIpc) is 3.01. The number of halogens is 4. The third-order valence-corrected chi connectivity index (χ3v) is 7.33. The van der Waals surface area contributed by atoms with E-state index in [1.54, 1.807) is 21.7 Å². The van der Waals surface area contributed by atoms with Gasteiger partial charge in [0.15, 0.2) is 9.84 Å². The topological polar surface area (TPSA) is 73.8 Å². The Morgan fingerprint density at radius 1 is 1.31 bits per heavy atom. The molecule has 1 aromatic heterocycles. The van der Waals surface area contributed by atoms with E-state index in [1.165, 1.54) is 0 Å². The lowest BCUT2D eigenvalue weighted by Gasteiger charge is -2.37. The molecule has 162 valence electrons. The Hall–Kier alpha value is -1.59. The molecule has 0 aromatic carbocycles. The Bertz CT molecular complexity index is 873. The number of amides is 1. The van der Waals surface area contributed by atoms with Crippen LogP contribution in [0.5, 0.6) is 0 Å². The van der Waals surface area contributed by atoms with Gasteiger partial charge in [0.05, 0.1) is 28.6 Å². The predicted molar refractivity (Wildman–Crippen MR) is 103 cm³/mol. The van der Waals surface area contributed by atoms with E-state index in [0.29, 0.717) is 32.6 Å². The summed E-state index contributed by atoms with van der Waals surface area (Å²) < 4.78 is 61.4. The molecule has 0 N–H and O–H groups in total. The van der Waals surface area contributed by atoms with Crippen LogP contribution in [0.15, 0.2) is 12.3 Å². The molecule has 1 atom stereocenters.